The van der Waals surface area contributed by atoms with Crippen molar-refractivity contribution in [2.75, 3.05) is 5.32 Å². The number of amides is 2. The van der Waals surface area contributed by atoms with E-state index in [2.05, 4.69) is 10.3 Å². The Morgan fingerprint density at radius 3 is 2.17 bits per heavy atom. The summed E-state index contributed by atoms with van der Waals surface area (Å²) in [6, 6.07) is 13.7. The second-order valence-corrected chi connectivity index (χ2v) is 4.86. The second-order valence-electron chi connectivity index (χ2n) is 4.86. The van der Waals surface area contributed by atoms with Crippen molar-refractivity contribution in [2.45, 2.75) is 13.1 Å². The van der Waals surface area contributed by atoms with Gasteiger partial charge in [0.1, 0.15) is 0 Å². The van der Waals surface area contributed by atoms with Crippen molar-refractivity contribution < 1.29 is 18.0 Å². The van der Waals surface area contributed by atoms with Gasteiger partial charge in [-0.3, -0.25) is 10.9 Å². The molecule has 0 aliphatic rings. The lowest BCUT2D eigenvalue weighted by molar-refractivity contribution is -0.0621. The highest BCUT2D eigenvalue weighted by Crippen LogP contribution is 2.20. The lowest BCUT2D eigenvalue weighted by Gasteiger charge is -2.14. The van der Waals surface area contributed by atoms with Crippen LogP contribution in [-0.2, 0) is 0 Å². The highest BCUT2D eigenvalue weighted by Gasteiger charge is 2.36. The van der Waals surface area contributed by atoms with Crippen molar-refractivity contribution in [1.82, 2.24) is 10.9 Å². The zero-order valence-electron chi connectivity index (χ0n) is 12.7. The summed E-state index contributed by atoms with van der Waals surface area (Å²) < 4.78 is 39.0. The molecule has 2 rings (SSSR count). The van der Waals surface area contributed by atoms with Crippen molar-refractivity contribution in [2.24, 2.45) is 4.99 Å². The number of nitrogens with zero attached hydrogens (tertiary/aromatic N) is 1. The van der Waals surface area contributed by atoms with Crippen LogP contribution >= 0.6 is 0 Å². The number of aliphatic imine (C=N–C) groups is 1. The fourth-order valence-corrected chi connectivity index (χ4v) is 1.71. The van der Waals surface area contributed by atoms with Gasteiger partial charge >= 0.3 is 12.2 Å². The van der Waals surface area contributed by atoms with E-state index >= 15 is 0 Å². The first-order valence-corrected chi connectivity index (χ1v) is 6.95. The number of hydrazine groups is 1. The third kappa shape index (κ3) is 5.31. The van der Waals surface area contributed by atoms with Gasteiger partial charge in [-0.05, 0) is 31.2 Å². The van der Waals surface area contributed by atoms with Crippen LogP contribution in [0.5, 0.6) is 0 Å². The smallest absolute Gasteiger partial charge is 0.307 e. The van der Waals surface area contributed by atoms with Gasteiger partial charge in [0, 0.05) is 5.69 Å². The molecule has 0 saturated heterocycles. The molecule has 0 fully saturated rings. The molecule has 24 heavy (non-hydrogen) atoms. The average Bonchev–Trinajstić information content (AvgIpc) is 2.53. The molecule has 0 bridgehead atoms. The normalized spacial score (nSPS) is 11.8. The molecule has 0 aliphatic carbocycles. The monoisotopic (exact) mass is 336 g/mol. The number of carbonyl (C=O) groups excluding carboxylic acids is 1. The molecule has 0 unspecified atom stereocenters. The van der Waals surface area contributed by atoms with E-state index in [-0.39, 0.29) is 5.69 Å². The topological polar surface area (TPSA) is 65.5 Å². The number of halogens is 3. The highest BCUT2D eigenvalue weighted by molar-refractivity contribution is 5.94. The Labute approximate surface area is 136 Å². The molecular formula is C16H15F3N4O. The number of alkyl halides is 3. The fourth-order valence-electron chi connectivity index (χ4n) is 1.71. The third-order valence-electron chi connectivity index (χ3n) is 2.87. The van der Waals surface area contributed by atoms with Crippen LogP contribution in [0.4, 0.5) is 29.3 Å². The van der Waals surface area contributed by atoms with Crippen molar-refractivity contribution >= 4 is 23.2 Å². The first-order valence-electron chi connectivity index (χ1n) is 6.95. The van der Waals surface area contributed by atoms with Crippen LogP contribution < -0.4 is 16.2 Å². The van der Waals surface area contributed by atoms with Crippen LogP contribution in [-0.4, -0.2) is 18.0 Å². The van der Waals surface area contributed by atoms with Gasteiger partial charge in [0.25, 0.3) is 0 Å². The van der Waals surface area contributed by atoms with Crippen molar-refractivity contribution in [3.05, 3.63) is 60.2 Å². The number of nitrogens with one attached hydrogen (secondary N) is 3. The van der Waals surface area contributed by atoms with Gasteiger partial charge in [0.05, 0.1) is 5.69 Å². The van der Waals surface area contributed by atoms with E-state index in [1.165, 1.54) is 12.1 Å². The molecule has 0 saturated carbocycles. The minimum absolute atomic E-state index is 0.116. The van der Waals surface area contributed by atoms with Crippen molar-refractivity contribution in [3.63, 3.8) is 0 Å². The summed E-state index contributed by atoms with van der Waals surface area (Å²) in [6.45, 7) is 1.81. The van der Waals surface area contributed by atoms with Gasteiger partial charge in [-0.25, -0.2) is 9.79 Å². The first kappa shape index (κ1) is 17.3. The molecule has 3 N–H and O–H groups in total. The van der Waals surface area contributed by atoms with Gasteiger partial charge in [-0.1, -0.05) is 35.9 Å². The Kier molecular flexibility index (Phi) is 5.41. The van der Waals surface area contributed by atoms with Gasteiger partial charge in [-0.2, -0.15) is 13.2 Å². The third-order valence-corrected chi connectivity index (χ3v) is 2.87. The number of benzene rings is 2. The van der Waals surface area contributed by atoms with Crippen LogP contribution in [0.3, 0.4) is 0 Å². The van der Waals surface area contributed by atoms with Crippen molar-refractivity contribution in [1.29, 1.82) is 0 Å². The van der Waals surface area contributed by atoms with Gasteiger partial charge in [0.15, 0.2) is 0 Å². The maximum Gasteiger partial charge on any atom is 0.450 e. The fraction of sp³-hybridized carbons (Fsp3) is 0.125. The Morgan fingerprint density at radius 2 is 1.58 bits per heavy atom. The van der Waals surface area contributed by atoms with E-state index in [9.17, 15) is 18.0 Å². The van der Waals surface area contributed by atoms with E-state index < -0.39 is 18.0 Å². The molecule has 0 aromatic heterocycles. The lowest BCUT2D eigenvalue weighted by Crippen LogP contribution is -2.49. The Bertz CT molecular complexity index is 712. The SMILES string of the molecule is Cc1ccc(N=C(NNC(=O)Nc2ccccc2)C(F)(F)F)cc1. The molecule has 0 heterocycles. The summed E-state index contributed by atoms with van der Waals surface area (Å²) in [7, 11) is 0. The Balaban J connectivity index is 2.04. The van der Waals surface area contributed by atoms with Gasteiger partial charge in [-0.15, -0.1) is 0 Å². The van der Waals surface area contributed by atoms with E-state index in [0.29, 0.717) is 5.69 Å². The Morgan fingerprint density at radius 1 is 0.958 bits per heavy atom. The minimum Gasteiger partial charge on any atom is -0.307 e. The molecule has 2 aromatic rings. The number of rotatable bonds is 2. The second kappa shape index (κ2) is 7.49. The molecule has 8 heteroatoms. The predicted molar refractivity (Wildman–Crippen MR) is 86.1 cm³/mol. The first-order chi connectivity index (χ1) is 11.3. The molecule has 126 valence electrons. The number of aryl methyl sites for hydroxylation is 1. The maximum absolute atomic E-state index is 13.0. The van der Waals surface area contributed by atoms with Crippen LogP contribution in [0.1, 0.15) is 5.56 Å². The maximum atomic E-state index is 13.0. The summed E-state index contributed by atoms with van der Waals surface area (Å²) in [5.41, 5.74) is 5.18. The molecule has 0 spiro atoms. The summed E-state index contributed by atoms with van der Waals surface area (Å²) in [4.78, 5) is 15.1. The zero-order chi connectivity index (χ0) is 17.6. The quantitative estimate of drug-likeness (QED) is 0.442. The number of para-hydroxylation sites is 1. The summed E-state index contributed by atoms with van der Waals surface area (Å²) in [6.07, 6.45) is -4.75. The number of hydrogen-bond donors (Lipinski definition) is 3. The molecule has 0 aliphatic heterocycles. The minimum atomic E-state index is -4.75. The van der Waals surface area contributed by atoms with E-state index in [4.69, 9.17) is 0 Å². The number of amidine groups is 1. The van der Waals surface area contributed by atoms with Crippen molar-refractivity contribution in [3.8, 4) is 0 Å². The number of urea groups is 1. The Hall–Kier alpha value is -3.03. The summed E-state index contributed by atoms with van der Waals surface area (Å²) in [5.74, 6) is -1.32. The van der Waals surface area contributed by atoms with Gasteiger partial charge in [0.2, 0.25) is 5.84 Å². The zero-order valence-corrected chi connectivity index (χ0v) is 12.7. The average molecular weight is 336 g/mol. The molecule has 5 nitrogen and oxygen atoms in total. The number of hydrogen-bond acceptors (Lipinski definition) is 2. The molecule has 2 aromatic carbocycles. The summed E-state index contributed by atoms with van der Waals surface area (Å²) >= 11 is 0. The molecule has 2 amide bonds. The number of anilines is 1. The van der Waals surface area contributed by atoms with E-state index in [1.54, 1.807) is 47.9 Å². The number of carbonyl (C=O) groups is 1. The molecular weight excluding hydrogens is 321 g/mol. The van der Waals surface area contributed by atoms with E-state index in [1.807, 2.05) is 12.3 Å². The molecule has 0 radical (unpaired) electrons. The lowest BCUT2D eigenvalue weighted by atomic mass is 10.2. The predicted octanol–water partition coefficient (Wildman–Crippen LogP) is 3.91. The van der Waals surface area contributed by atoms with E-state index in [0.717, 1.165) is 5.56 Å². The van der Waals surface area contributed by atoms with Crippen LogP contribution in [0.15, 0.2) is 59.6 Å². The van der Waals surface area contributed by atoms with Crippen LogP contribution in [0, 0.1) is 6.92 Å². The summed E-state index contributed by atoms with van der Waals surface area (Å²) in [5, 5.41) is 2.39. The molecule has 0 atom stereocenters. The highest BCUT2D eigenvalue weighted by atomic mass is 19.4. The van der Waals surface area contributed by atoms with Gasteiger partial charge < -0.3 is 5.32 Å². The largest absolute Gasteiger partial charge is 0.450 e. The van der Waals surface area contributed by atoms with Crippen LogP contribution in [0.25, 0.3) is 0 Å². The van der Waals surface area contributed by atoms with Crippen LogP contribution in [0.2, 0.25) is 0 Å². The standard InChI is InChI=1S/C16H15F3N4O/c1-11-7-9-13(10-8-11)20-14(16(17,18)19)22-23-15(24)21-12-5-3-2-4-6-12/h2-10H,1H3,(H,20,22)(H2,21,23,24).